The molecule has 164 valence electrons. The standard InChI is InChI=1S/C23H22ClNO6.K.H/c1-28-16-7-3-14(4-8-16)12-30-19-11-18(25)20(23(26)27)21(24)22(19)31-13-15-5-9-17(29-2)10-6-15;;/h3-11H,12-13,25H2,1-2H3,(H,26,27);;/q;+1;-1. The molecule has 0 saturated heterocycles. The van der Waals surface area contributed by atoms with Crippen LogP contribution >= 0.6 is 11.6 Å². The van der Waals surface area contributed by atoms with Crippen LogP contribution in [0, 0.1) is 0 Å². The van der Waals surface area contributed by atoms with Crippen molar-refractivity contribution in [2.75, 3.05) is 20.0 Å². The number of halogens is 1. The molecule has 32 heavy (non-hydrogen) atoms. The normalized spacial score (nSPS) is 10.1. The largest absolute Gasteiger partial charge is 1.00 e. The molecule has 0 aromatic heterocycles. The van der Waals surface area contributed by atoms with Crippen LogP contribution in [0.15, 0.2) is 54.6 Å². The SMILES string of the molecule is COc1ccc(COc2cc(N)c(C(=O)O)c(Cl)c2OCc2ccc(OC)cc2)cc1.[H-].[K+]. The van der Waals surface area contributed by atoms with Gasteiger partial charge in [-0.2, -0.15) is 0 Å². The summed E-state index contributed by atoms with van der Waals surface area (Å²) in [5.41, 5.74) is 7.37. The number of carbonyl (C=O) groups is 1. The van der Waals surface area contributed by atoms with E-state index in [1.165, 1.54) is 6.07 Å². The van der Waals surface area contributed by atoms with Crippen LogP contribution in [-0.4, -0.2) is 25.3 Å². The second-order valence-electron chi connectivity index (χ2n) is 6.56. The number of hydrogen-bond donors (Lipinski definition) is 2. The molecule has 3 N–H and O–H groups in total. The van der Waals surface area contributed by atoms with Gasteiger partial charge in [0.05, 0.1) is 19.9 Å². The minimum atomic E-state index is -1.25. The van der Waals surface area contributed by atoms with Crippen LogP contribution in [0.25, 0.3) is 0 Å². The second kappa shape index (κ2) is 12.3. The summed E-state index contributed by atoms with van der Waals surface area (Å²) in [6, 6.07) is 16.0. The minimum absolute atomic E-state index is 0. The number of anilines is 1. The van der Waals surface area contributed by atoms with Crippen molar-refractivity contribution >= 4 is 23.3 Å². The molecule has 3 aromatic carbocycles. The average Bonchev–Trinajstić information content (AvgIpc) is 2.77. The number of carboxylic acid groups (broad SMARTS) is 1. The Morgan fingerprint density at radius 2 is 1.41 bits per heavy atom. The quantitative estimate of drug-likeness (QED) is 0.354. The summed E-state index contributed by atoms with van der Waals surface area (Å²) in [5.74, 6) is 0.546. The summed E-state index contributed by atoms with van der Waals surface area (Å²) >= 11 is 6.35. The molecule has 0 heterocycles. The summed E-state index contributed by atoms with van der Waals surface area (Å²) in [4.78, 5) is 11.6. The zero-order chi connectivity index (χ0) is 22.4. The van der Waals surface area contributed by atoms with Gasteiger partial charge in [-0.1, -0.05) is 35.9 Å². The number of methoxy groups -OCH3 is 2. The Kier molecular flexibility index (Phi) is 10.1. The van der Waals surface area contributed by atoms with Crippen LogP contribution in [0.1, 0.15) is 22.9 Å². The molecule has 0 fully saturated rings. The van der Waals surface area contributed by atoms with E-state index in [0.29, 0.717) is 5.75 Å². The van der Waals surface area contributed by atoms with Gasteiger partial charge in [-0.05, 0) is 35.4 Å². The van der Waals surface area contributed by atoms with Crippen molar-refractivity contribution in [1.82, 2.24) is 0 Å². The van der Waals surface area contributed by atoms with Crippen molar-refractivity contribution in [2.24, 2.45) is 0 Å². The molecule has 0 unspecified atom stereocenters. The number of carboxylic acids is 1. The molecule has 0 saturated carbocycles. The van der Waals surface area contributed by atoms with E-state index >= 15 is 0 Å². The van der Waals surface area contributed by atoms with E-state index in [1.54, 1.807) is 26.4 Å². The molecular weight excluding hydrogens is 461 g/mol. The molecule has 0 aliphatic heterocycles. The molecule has 0 amide bonds. The first-order chi connectivity index (χ1) is 14.9. The van der Waals surface area contributed by atoms with E-state index in [1.807, 2.05) is 36.4 Å². The summed E-state index contributed by atoms with van der Waals surface area (Å²) in [6.07, 6.45) is 0. The first kappa shape index (κ1) is 26.3. The third-order valence-corrected chi connectivity index (χ3v) is 4.89. The van der Waals surface area contributed by atoms with Gasteiger partial charge in [0.1, 0.15) is 35.3 Å². The smallest absolute Gasteiger partial charge is 1.00 e. The van der Waals surface area contributed by atoms with E-state index < -0.39 is 5.97 Å². The molecule has 0 bridgehead atoms. The minimum Gasteiger partial charge on any atom is -1.00 e. The van der Waals surface area contributed by atoms with Crippen LogP contribution < -0.4 is 76.1 Å². The van der Waals surface area contributed by atoms with Crippen molar-refractivity contribution in [3.05, 3.63) is 76.3 Å². The summed E-state index contributed by atoms with van der Waals surface area (Å²) in [6.45, 7) is 0.344. The van der Waals surface area contributed by atoms with E-state index in [-0.39, 0.29) is 93.8 Å². The maximum Gasteiger partial charge on any atom is 1.00 e. The predicted octanol–water partition coefficient (Wildman–Crippen LogP) is 1.91. The van der Waals surface area contributed by atoms with Gasteiger partial charge in [0.15, 0.2) is 11.5 Å². The molecule has 3 rings (SSSR count). The molecule has 0 spiro atoms. The Balaban J connectivity index is 0.00000272. The summed E-state index contributed by atoms with van der Waals surface area (Å²) in [7, 11) is 3.17. The molecule has 0 atom stereocenters. The molecule has 0 aliphatic carbocycles. The second-order valence-corrected chi connectivity index (χ2v) is 6.94. The van der Waals surface area contributed by atoms with E-state index in [2.05, 4.69) is 0 Å². The predicted molar refractivity (Wildman–Crippen MR) is 119 cm³/mol. The molecular formula is C23H23ClKNO6. The molecule has 9 heteroatoms. The van der Waals surface area contributed by atoms with E-state index in [0.717, 1.165) is 16.9 Å². The van der Waals surface area contributed by atoms with Gasteiger partial charge < -0.3 is 31.2 Å². The Hall–Kier alpha value is -1.94. The number of rotatable bonds is 9. The van der Waals surface area contributed by atoms with Gasteiger partial charge in [-0.15, -0.1) is 0 Å². The molecule has 0 aliphatic rings. The van der Waals surface area contributed by atoms with E-state index in [9.17, 15) is 9.90 Å². The fourth-order valence-electron chi connectivity index (χ4n) is 2.85. The topological polar surface area (TPSA) is 100 Å². The van der Waals surface area contributed by atoms with E-state index in [4.69, 9.17) is 36.3 Å². The third kappa shape index (κ3) is 6.54. The monoisotopic (exact) mass is 483 g/mol. The number of nitrogen functional groups attached to an aromatic ring is 1. The van der Waals surface area contributed by atoms with Gasteiger partial charge >= 0.3 is 57.4 Å². The molecule has 0 radical (unpaired) electrons. The first-order valence-corrected chi connectivity index (χ1v) is 9.67. The Morgan fingerprint density at radius 1 is 0.938 bits per heavy atom. The van der Waals surface area contributed by atoms with Gasteiger partial charge in [0.25, 0.3) is 0 Å². The van der Waals surface area contributed by atoms with Gasteiger partial charge in [-0.25, -0.2) is 4.79 Å². The summed E-state index contributed by atoms with van der Waals surface area (Å²) in [5, 5.41) is 9.36. The Labute approximate surface area is 235 Å². The number of aromatic carboxylic acids is 1. The Morgan fingerprint density at radius 3 is 1.84 bits per heavy atom. The fraction of sp³-hybridized carbons (Fsp3) is 0.174. The molecule has 3 aromatic rings. The zero-order valence-electron chi connectivity index (χ0n) is 19.1. The number of ether oxygens (including phenoxy) is 4. The van der Waals surface area contributed by atoms with Crippen LogP contribution in [0.3, 0.4) is 0 Å². The zero-order valence-corrected chi connectivity index (χ0v) is 21.9. The fourth-order valence-corrected chi connectivity index (χ4v) is 3.18. The van der Waals surface area contributed by atoms with Crippen molar-refractivity contribution in [2.45, 2.75) is 13.2 Å². The molecule has 7 nitrogen and oxygen atoms in total. The van der Waals surface area contributed by atoms with Crippen molar-refractivity contribution in [3.8, 4) is 23.0 Å². The Bertz CT molecular complexity index is 1060. The van der Waals surface area contributed by atoms with Crippen LogP contribution in [0.5, 0.6) is 23.0 Å². The maximum absolute atomic E-state index is 11.6. The number of benzene rings is 3. The first-order valence-electron chi connectivity index (χ1n) is 9.29. The van der Waals surface area contributed by atoms with Crippen molar-refractivity contribution < 1.29 is 81.7 Å². The van der Waals surface area contributed by atoms with Crippen molar-refractivity contribution in [1.29, 1.82) is 0 Å². The number of hydrogen-bond acceptors (Lipinski definition) is 6. The third-order valence-electron chi connectivity index (χ3n) is 4.53. The van der Waals surface area contributed by atoms with Crippen LogP contribution in [0.4, 0.5) is 5.69 Å². The summed E-state index contributed by atoms with van der Waals surface area (Å²) < 4.78 is 22.0. The average molecular weight is 484 g/mol. The van der Waals surface area contributed by atoms with Crippen LogP contribution in [0.2, 0.25) is 5.02 Å². The maximum atomic E-state index is 11.6. The van der Waals surface area contributed by atoms with Gasteiger partial charge in [0.2, 0.25) is 0 Å². The van der Waals surface area contributed by atoms with Crippen LogP contribution in [-0.2, 0) is 13.2 Å². The van der Waals surface area contributed by atoms with Gasteiger partial charge in [0, 0.05) is 6.07 Å². The van der Waals surface area contributed by atoms with Gasteiger partial charge in [-0.3, -0.25) is 0 Å². The number of nitrogens with two attached hydrogens (primary N) is 1. The van der Waals surface area contributed by atoms with Crippen molar-refractivity contribution in [3.63, 3.8) is 0 Å².